The number of carbonyl (C=O) groups excluding carboxylic acids is 3. The highest BCUT2D eigenvalue weighted by atomic mass is 35.5. The first-order chi connectivity index (χ1) is 13.4. The third kappa shape index (κ3) is 4.43. The number of carbonyl (C=O) groups is 3. The highest BCUT2D eigenvalue weighted by molar-refractivity contribution is 6.40. The third-order valence-electron chi connectivity index (χ3n) is 4.33. The monoisotopic (exact) mass is 401 g/mol. The van der Waals surface area contributed by atoms with Crippen molar-refractivity contribution in [1.82, 2.24) is 5.32 Å². The highest BCUT2D eigenvalue weighted by Crippen LogP contribution is 2.33. The summed E-state index contributed by atoms with van der Waals surface area (Å²) >= 11 is 5.87. The quantitative estimate of drug-likeness (QED) is 0.685. The molecule has 146 valence electrons. The van der Waals surface area contributed by atoms with Crippen LogP contribution >= 0.6 is 11.6 Å². The maximum absolute atomic E-state index is 12.2. The summed E-state index contributed by atoms with van der Waals surface area (Å²) in [5.41, 5.74) is 1.76. The molecule has 1 heterocycles. The first-order valence-electron chi connectivity index (χ1n) is 8.86. The van der Waals surface area contributed by atoms with E-state index < -0.39 is 24.0 Å². The minimum Gasteiger partial charge on any atom is -0.478 e. The zero-order valence-corrected chi connectivity index (χ0v) is 16.2. The van der Waals surface area contributed by atoms with E-state index in [0.29, 0.717) is 28.6 Å². The maximum Gasteiger partial charge on any atom is 0.313 e. The Kier molecular flexibility index (Phi) is 5.84. The molecule has 2 aromatic carbocycles. The summed E-state index contributed by atoms with van der Waals surface area (Å²) in [6.45, 7) is 3.62. The van der Waals surface area contributed by atoms with Crippen molar-refractivity contribution in [3.8, 4) is 5.75 Å². The molecule has 0 fully saturated rings. The van der Waals surface area contributed by atoms with Crippen LogP contribution in [-0.2, 0) is 14.4 Å². The summed E-state index contributed by atoms with van der Waals surface area (Å²) in [6, 6.07) is 11.3. The molecular weight excluding hydrogens is 382 g/mol. The largest absolute Gasteiger partial charge is 0.478 e. The molecule has 1 aliphatic rings. The Bertz CT molecular complexity index is 931. The molecule has 1 aliphatic heterocycles. The van der Waals surface area contributed by atoms with Crippen LogP contribution in [0.4, 0.5) is 11.4 Å². The van der Waals surface area contributed by atoms with E-state index in [1.165, 1.54) is 0 Å². The lowest BCUT2D eigenvalue weighted by molar-refractivity contribution is -0.136. The third-order valence-corrected chi connectivity index (χ3v) is 4.57. The number of halogens is 1. The predicted octanol–water partition coefficient (Wildman–Crippen LogP) is 3.27. The number of hydrogen-bond donors (Lipinski definition) is 3. The van der Waals surface area contributed by atoms with E-state index in [1.54, 1.807) is 49.4 Å². The summed E-state index contributed by atoms with van der Waals surface area (Å²) < 4.78 is 5.71. The molecule has 0 bridgehead atoms. The SMILES string of the molecule is CCC1Oc2cc(C(C)NC(=O)C(=O)Nc3cccc(Cl)c3)ccc2NC1=O. The Labute approximate surface area is 167 Å². The molecule has 8 heteroatoms. The minimum atomic E-state index is -0.790. The topological polar surface area (TPSA) is 96.5 Å². The molecule has 28 heavy (non-hydrogen) atoms. The van der Waals surface area contributed by atoms with Crippen molar-refractivity contribution in [1.29, 1.82) is 0 Å². The molecule has 0 aromatic heterocycles. The Morgan fingerprint density at radius 2 is 2.00 bits per heavy atom. The van der Waals surface area contributed by atoms with Gasteiger partial charge in [0.2, 0.25) is 0 Å². The minimum absolute atomic E-state index is 0.179. The zero-order chi connectivity index (χ0) is 20.3. The van der Waals surface area contributed by atoms with Crippen LogP contribution in [-0.4, -0.2) is 23.8 Å². The van der Waals surface area contributed by atoms with Gasteiger partial charge in [0.05, 0.1) is 11.7 Å². The molecule has 3 rings (SSSR count). The van der Waals surface area contributed by atoms with E-state index in [2.05, 4.69) is 16.0 Å². The number of rotatable bonds is 4. The summed E-state index contributed by atoms with van der Waals surface area (Å²) in [5.74, 6) is -1.21. The Morgan fingerprint density at radius 1 is 1.21 bits per heavy atom. The molecule has 0 saturated heterocycles. The number of anilines is 2. The lowest BCUT2D eigenvalue weighted by Gasteiger charge is -2.26. The van der Waals surface area contributed by atoms with Crippen molar-refractivity contribution in [2.45, 2.75) is 32.4 Å². The number of benzene rings is 2. The van der Waals surface area contributed by atoms with E-state index in [-0.39, 0.29) is 5.91 Å². The van der Waals surface area contributed by atoms with Gasteiger partial charge in [-0.05, 0) is 49.2 Å². The van der Waals surface area contributed by atoms with Gasteiger partial charge >= 0.3 is 11.8 Å². The molecule has 2 atom stereocenters. The van der Waals surface area contributed by atoms with Gasteiger partial charge in [0, 0.05) is 10.7 Å². The van der Waals surface area contributed by atoms with E-state index in [1.807, 2.05) is 6.92 Å². The fourth-order valence-electron chi connectivity index (χ4n) is 2.80. The van der Waals surface area contributed by atoms with Crippen LogP contribution in [0.1, 0.15) is 31.9 Å². The Hall–Kier alpha value is -3.06. The summed E-state index contributed by atoms with van der Waals surface area (Å²) in [6.07, 6.45) is 0.00183. The zero-order valence-electron chi connectivity index (χ0n) is 15.4. The van der Waals surface area contributed by atoms with Crippen LogP contribution < -0.4 is 20.7 Å². The van der Waals surface area contributed by atoms with Crippen LogP contribution in [0.25, 0.3) is 0 Å². The lowest BCUT2D eigenvalue weighted by Crippen LogP contribution is -2.37. The first kappa shape index (κ1) is 19.7. The Balaban J connectivity index is 1.66. The molecule has 3 N–H and O–H groups in total. The second-order valence-electron chi connectivity index (χ2n) is 6.42. The highest BCUT2D eigenvalue weighted by Gasteiger charge is 2.27. The smallest absolute Gasteiger partial charge is 0.313 e. The van der Waals surface area contributed by atoms with Crippen molar-refractivity contribution >= 4 is 40.7 Å². The van der Waals surface area contributed by atoms with Gasteiger partial charge < -0.3 is 20.7 Å². The average Bonchev–Trinajstić information content (AvgIpc) is 2.66. The van der Waals surface area contributed by atoms with E-state index >= 15 is 0 Å². The number of hydrogen-bond acceptors (Lipinski definition) is 4. The Morgan fingerprint density at radius 3 is 2.71 bits per heavy atom. The van der Waals surface area contributed by atoms with Crippen LogP contribution in [0, 0.1) is 0 Å². The second kappa shape index (κ2) is 8.31. The van der Waals surface area contributed by atoms with Crippen molar-refractivity contribution in [3.05, 3.63) is 53.1 Å². The van der Waals surface area contributed by atoms with Crippen LogP contribution in [0.3, 0.4) is 0 Å². The van der Waals surface area contributed by atoms with Gasteiger partial charge in [-0.1, -0.05) is 30.7 Å². The van der Waals surface area contributed by atoms with Crippen LogP contribution in [0.5, 0.6) is 5.75 Å². The van der Waals surface area contributed by atoms with Crippen molar-refractivity contribution in [2.75, 3.05) is 10.6 Å². The van der Waals surface area contributed by atoms with Gasteiger partial charge in [-0.2, -0.15) is 0 Å². The van der Waals surface area contributed by atoms with Gasteiger partial charge in [0.1, 0.15) is 5.75 Å². The molecule has 0 radical (unpaired) electrons. The molecule has 7 nitrogen and oxygen atoms in total. The van der Waals surface area contributed by atoms with Gasteiger partial charge in [-0.25, -0.2) is 0 Å². The molecule has 0 aliphatic carbocycles. The van der Waals surface area contributed by atoms with Crippen molar-refractivity contribution in [3.63, 3.8) is 0 Å². The second-order valence-corrected chi connectivity index (χ2v) is 6.86. The molecule has 0 spiro atoms. The normalized spacial score (nSPS) is 16.2. The predicted molar refractivity (Wildman–Crippen MR) is 106 cm³/mol. The lowest BCUT2D eigenvalue weighted by atomic mass is 10.1. The van der Waals surface area contributed by atoms with E-state index in [9.17, 15) is 14.4 Å². The number of fused-ring (bicyclic) bond motifs is 1. The fraction of sp³-hybridized carbons (Fsp3) is 0.250. The van der Waals surface area contributed by atoms with Crippen LogP contribution in [0.2, 0.25) is 5.02 Å². The first-order valence-corrected chi connectivity index (χ1v) is 9.24. The van der Waals surface area contributed by atoms with Crippen LogP contribution in [0.15, 0.2) is 42.5 Å². The van der Waals surface area contributed by atoms with Gasteiger partial charge in [-0.3, -0.25) is 14.4 Å². The van der Waals surface area contributed by atoms with Gasteiger partial charge in [-0.15, -0.1) is 0 Å². The standard InChI is InChI=1S/C20H20ClN3O4/c1-3-16-18(25)24-15-8-7-12(9-17(15)28-16)11(2)22-19(26)20(27)23-14-6-4-5-13(21)10-14/h4-11,16H,3H2,1-2H3,(H,22,26)(H,23,27)(H,24,25). The van der Waals surface area contributed by atoms with Crippen molar-refractivity contribution in [2.24, 2.45) is 0 Å². The summed E-state index contributed by atoms with van der Waals surface area (Å²) in [7, 11) is 0. The molecule has 0 saturated carbocycles. The summed E-state index contributed by atoms with van der Waals surface area (Å²) in [5, 5.41) is 8.39. The van der Waals surface area contributed by atoms with Crippen molar-refractivity contribution < 1.29 is 19.1 Å². The fourth-order valence-corrected chi connectivity index (χ4v) is 2.99. The molecule has 3 amide bonds. The van der Waals surface area contributed by atoms with Gasteiger partial charge in [0.25, 0.3) is 5.91 Å². The average molecular weight is 402 g/mol. The molecular formula is C20H20ClN3O4. The molecule has 2 aromatic rings. The summed E-state index contributed by atoms with van der Waals surface area (Å²) in [4.78, 5) is 36.2. The van der Waals surface area contributed by atoms with E-state index in [0.717, 1.165) is 5.56 Å². The number of ether oxygens (including phenoxy) is 1. The molecule has 2 unspecified atom stereocenters. The van der Waals surface area contributed by atoms with Gasteiger partial charge in [0.15, 0.2) is 6.10 Å². The number of nitrogens with one attached hydrogen (secondary N) is 3. The van der Waals surface area contributed by atoms with E-state index in [4.69, 9.17) is 16.3 Å². The maximum atomic E-state index is 12.2. The number of amides is 3.